The fraction of sp³-hybridized carbons (Fsp3) is 0.791. The van der Waals surface area contributed by atoms with E-state index in [1.165, 1.54) is 11.0 Å². The Morgan fingerprint density at radius 1 is 0.875 bits per heavy atom. The Kier molecular flexibility index (Phi) is 13.5. The summed E-state index contributed by atoms with van der Waals surface area (Å²) in [6.07, 6.45) is 11.2. The van der Waals surface area contributed by atoms with Crippen molar-refractivity contribution in [2.75, 3.05) is 19.6 Å². The summed E-state index contributed by atoms with van der Waals surface area (Å²) in [6, 6.07) is -3.95. The zero-order valence-electron chi connectivity index (χ0n) is 35.0. The van der Waals surface area contributed by atoms with Gasteiger partial charge in [-0.25, -0.2) is 4.79 Å². The molecule has 13 nitrogen and oxygen atoms in total. The largest absolute Gasteiger partial charge is 0.346 e. The third kappa shape index (κ3) is 10.0. The van der Waals surface area contributed by atoms with Crippen molar-refractivity contribution in [2.45, 2.75) is 156 Å². The Hall–Kier alpha value is -3.77. The Bertz CT molecular complexity index is 1520. The number of likely N-dealkylation sites (tertiary alicyclic amines) is 2. The lowest BCUT2D eigenvalue weighted by Crippen LogP contribution is -2.62. The predicted molar refractivity (Wildman–Crippen MR) is 213 cm³/mol. The van der Waals surface area contributed by atoms with E-state index in [1.54, 1.807) is 4.90 Å². The van der Waals surface area contributed by atoms with Gasteiger partial charge in [0.05, 0.1) is 12.1 Å². The molecule has 5 rings (SSSR count). The highest BCUT2D eigenvalue weighted by molar-refractivity contribution is 6.38. The molecule has 3 aliphatic carbocycles. The van der Waals surface area contributed by atoms with Gasteiger partial charge in [-0.2, -0.15) is 0 Å². The molecule has 56 heavy (non-hydrogen) atoms. The quantitative estimate of drug-likeness (QED) is 0.113. The van der Waals surface area contributed by atoms with Crippen molar-refractivity contribution in [3.05, 3.63) is 12.7 Å². The first-order valence-electron chi connectivity index (χ1n) is 21.2. The first-order chi connectivity index (χ1) is 26.2. The molecule has 1 unspecified atom stereocenters. The summed E-state index contributed by atoms with van der Waals surface area (Å²) in [5, 5.41) is 11.6. The van der Waals surface area contributed by atoms with Crippen LogP contribution in [0.2, 0.25) is 0 Å². The number of amides is 7. The average molecular weight is 781 g/mol. The van der Waals surface area contributed by atoms with Crippen LogP contribution in [0.1, 0.15) is 132 Å². The second-order valence-corrected chi connectivity index (χ2v) is 20.0. The SMILES string of the molecule is C=CCNC(=O)C(=O)C(CC1CCC1)NC(=O)[C@@H]1[C@H]2CCC(C)(C)[C@H]2CN1C(=O)[C@@H](NC(=O)N[C@H](CN1C(=O)CC(C)(C)CC1=O)C(C)(C)C)C1CCCCC1. The van der Waals surface area contributed by atoms with Gasteiger partial charge in [0.2, 0.25) is 29.4 Å². The number of imide groups is 1. The van der Waals surface area contributed by atoms with Crippen molar-refractivity contribution < 1.29 is 33.6 Å². The van der Waals surface area contributed by atoms with Gasteiger partial charge in [-0.1, -0.05) is 93.1 Å². The second kappa shape index (κ2) is 17.4. The van der Waals surface area contributed by atoms with E-state index < -0.39 is 58.6 Å². The molecule has 2 saturated heterocycles. The number of piperidine rings is 1. The van der Waals surface area contributed by atoms with Gasteiger partial charge in [0.25, 0.3) is 5.91 Å². The van der Waals surface area contributed by atoms with Crippen LogP contribution >= 0.6 is 0 Å². The Morgan fingerprint density at radius 2 is 1.52 bits per heavy atom. The average Bonchev–Trinajstić information content (AvgIpc) is 3.63. The van der Waals surface area contributed by atoms with E-state index >= 15 is 4.79 Å². The maximum Gasteiger partial charge on any atom is 0.315 e. The summed E-state index contributed by atoms with van der Waals surface area (Å²) >= 11 is 0. The summed E-state index contributed by atoms with van der Waals surface area (Å²) in [7, 11) is 0. The van der Waals surface area contributed by atoms with Gasteiger partial charge in [0, 0.05) is 32.5 Å². The number of ketones is 1. The Balaban J connectivity index is 1.39. The topological polar surface area (TPSA) is 174 Å². The molecule has 13 heteroatoms. The molecule has 3 saturated carbocycles. The predicted octanol–water partition coefficient (Wildman–Crippen LogP) is 4.63. The van der Waals surface area contributed by atoms with E-state index in [2.05, 4.69) is 41.7 Å². The molecular weight excluding hydrogens is 713 g/mol. The van der Waals surface area contributed by atoms with Gasteiger partial charge >= 0.3 is 6.03 Å². The third-order valence-corrected chi connectivity index (χ3v) is 13.6. The summed E-state index contributed by atoms with van der Waals surface area (Å²) in [5.74, 6) is -2.78. The van der Waals surface area contributed by atoms with E-state index in [1.807, 2.05) is 34.6 Å². The fourth-order valence-corrected chi connectivity index (χ4v) is 9.85. The maximum atomic E-state index is 15.0. The molecule has 0 aromatic heterocycles. The maximum absolute atomic E-state index is 15.0. The van der Waals surface area contributed by atoms with Crippen molar-refractivity contribution in [2.24, 2.45) is 39.9 Å². The molecule has 312 valence electrons. The van der Waals surface area contributed by atoms with E-state index in [0.717, 1.165) is 64.2 Å². The summed E-state index contributed by atoms with van der Waals surface area (Å²) < 4.78 is 0. The zero-order chi connectivity index (χ0) is 41.2. The summed E-state index contributed by atoms with van der Waals surface area (Å²) in [6.45, 7) is 18.1. The van der Waals surface area contributed by atoms with Crippen LogP contribution < -0.4 is 21.3 Å². The lowest BCUT2D eigenvalue weighted by atomic mass is 9.79. The first kappa shape index (κ1) is 43.4. The van der Waals surface area contributed by atoms with E-state index in [9.17, 15) is 28.8 Å². The normalized spacial score (nSPS) is 26.7. The number of nitrogens with one attached hydrogen (secondary N) is 4. The molecule has 0 spiro atoms. The third-order valence-electron chi connectivity index (χ3n) is 13.6. The van der Waals surface area contributed by atoms with Crippen molar-refractivity contribution in [1.82, 2.24) is 31.1 Å². The highest BCUT2D eigenvalue weighted by atomic mass is 16.2. The van der Waals surface area contributed by atoms with Crippen molar-refractivity contribution in [1.29, 1.82) is 0 Å². The molecule has 6 atom stereocenters. The number of carbonyl (C=O) groups excluding carboxylic acids is 7. The number of Topliss-reactive ketones (excluding diaryl/α,β-unsaturated/α-hetero) is 1. The first-order valence-corrected chi connectivity index (χ1v) is 21.2. The van der Waals surface area contributed by atoms with Crippen LogP contribution in [-0.2, 0) is 28.8 Å². The minimum atomic E-state index is -1.01. The van der Waals surface area contributed by atoms with Crippen LogP contribution in [0.5, 0.6) is 0 Å². The van der Waals surface area contributed by atoms with Gasteiger partial charge in [0.15, 0.2) is 0 Å². The van der Waals surface area contributed by atoms with Crippen LogP contribution in [-0.4, -0.2) is 95.0 Å². The van der Waals surface area contributed by atoms with Crippen molar-refractivity contribution in [3.63, 3.8) is 0 Å². The molecule has 2 heterocycles. The van der Waals surface area contributed by atoms with Gasteiger partial charge in [-0.3, -0.25) is 33.7 Å². The number of fused-ring (bicyclic) bond motifs is 1. The molecule has 0 bridgehead atoms. The lowest BCUT2D eigenvalue weighted by molar-refractivity contribution is -0.153. The van der Waals surface area contributed by atoms with Crippen LogP contribution in [0.4, 0.5) is 4.79 Å². The van der Waals surface area contributed by atoms with Crippen LogP contribution in [0.25, 0.3) is 0 Å². The van der Waals surface area contributed by atoms with Crippen LogP contribution in [0.3, 0.4) is 0 Å². The molecule has 5 fully saturated rings. The number of hydrogen-bond donors (Lipinski definition) is 4. The molecule has 0 radical (unpaired) electrons. The van der Waals surface area contributed by atoms with Gasteiger partial charge in [0.1, 0.15) is 12.1 Å². The van der Waals surface area contributed by atoms with Crippen molar-refractivity contribution >= 4 is 41.4 Å². The molecule has 4 N–H and O–H groups in total. The molecule has 0 aromatic rings. The summed E-state index contributed by atoms with van der Waals surface area (Å²) in [5.41, 5.74) is -1.09. The van der Waals surface area contributed by atoms with Crippen LogP contribution in [0, 0.1) is 39.9 Å². The molecular formula is C43H68N6O7. The van der Waals surface area contributed by atoms with E-state index in [4.69, 9.17) is 0 Å². The Labute approximate surface area is 333 Å². The molecule has 5 aliphatic rings. The summed E-state index contributed by atoms with van der Waals surface area (Å²) in [4.78, 5) is 99.1. The minimum absolute atomic E-state index is 0.0197. The highest BCUT2D eigenvalue weighted by Gasteiger charge is 2.57. The number of hydrogen-bond acceptors (Lipinski definition) is 7. The Morgan fingerprint density at radius 3 is 2.09 bits per heavy atom. The number of nitrogens with zero attached hydrogens (tertiary/aromatic N) is 2. The minimum Gasteiger partial charge on any atom is -0.346 e. The van der Waals surface area contributed by atoms with Gasteiger partial charge in [-0.05, 0) is 72.0 Å². The van der Waals surface area contributed by atoms with Crippen LogP contribution in [0.15, 0.2) is 12.7 Å². The van der Waals surface area contributed by atoms with E-state index in [0.29, 0.717) is 13.0 Å². The lowest BCUT2D eigenvalue weighted by Gasteiger charge is -2.40. The van der Waals surface area contributed by atoms with Gasteiger partial charge < -0.3 is 26.2 Å². The highest BCUT2D eigenvalue weighted by Crippen LogP contribution is 2.53. The van der Waals surface area contributed by atoms with Crippen molar-refractivity contribution in [3.8, 4) is 0 Å². The zero-order valence-corrected chi connectivity index (χ0v) is 35.0. The molecule has 2 aliphatic heterocycles. The van der Waals surface area contributed by atoms with E-state index in [-0.39, 0.29) is 72.7 Å². The number of carbonyl (C=O) groups is 7. The molecule has 7 amide bonds. The van der Waals surface area contributed by atoms with Gasteiger partial charge in [-0.15, -0.1) is 6.58 Å². The fourth-order valence-electron chi connectivity index (χ4n) is 9.85. The second-order valence-electron chi connectivity index (χ2n) is 20.0. The standard InChI is InChI=1S/C43H68N6O7/c1-9-20-44-38(54)36(52)30(21-26-14-13-15-26)45-37(53)35-28-18-19-43(7,8)29(28)24-49(35)39(55)34(27-16-11-10-12-17-27)47-40(56)46-31(41(2,3)4)25-48-32(50)22-42(5,6)23-33(48)51/h9,26-31,34-35H,1,10-25H2,2-8H3,(H,44,54)(H,45,53)(H2,46,47,56)/t28-,29-,30?,31+,34-,35-/m0/s1. The number of urea groups is 1. The monoisotopic (exact) mass is 781 g/mol. The number of rotatable bonds is 14. The molecule has 0 aromatic carbocycles. The smallest absolute Gasteiger partial charge is 0.315 e.